The minimum atomic E-state index is -0.0179. The Kier molecular flexibility index (Phi) is 6.23. The van der Waals surface area contributed by atoms with Gasteiger partial charge in [-0.1, -0.05) is 6.07 Å². The Hall–Kier alpha value is -2.40. The van der Waals surface area contributed by atoms with Crippen molar-refractivity contribution in [2.45, 2.75) is 31.7 Å². The molecule has 1 aromatic carbocycles. The first kappa shape index (κ1) is 18.4. The number of hydrogen-bond acceptors (Lipinski definition) is 6. The third-order valence-corrected chi connectivity index (χ3v) is 4.57. The zero-order chi connectivity index (χ0) is 18.4. The van der Waals surface area contributed by atoms with Gasteiger partial charge in [0.15, 0.2) is 0 Å². The van der Waals surface area contributed by atoms with Crippen molar-refractivity contribution in [3.8, 4) is 11.8 Å². The topological polar surface area (TPSA) is 81.3 Å². The lowest BCUT2D eigenvalue weighted by atomic mass is 10.0. The van der Waals surface area contributed by atoms with Gasteiger partial charge in [0.2, 0.25) is 0 Å². The number of nitrogens with zero attached hydrogens (tertiary/aromatic N) is 3. The number of nitriles is 1. The fraction of sp³-hybridized carbons (Fsp3) is 0.474. The molecule has 7 nitrogen and oxygen atoms in total. The number of nitrogens with one attached hydrogen (secondary N) is 1. The molecule has 0 spiro atoms. The van der Waals surface area contributed by atoms with Crippen molar-refractivity contribution in [3.05, 3.63) is 47.3 Å². The first-order valence-electron chi connectivity index (χ1n) is 8.68. The molecule has 0 saturated carbocycles. The predicted molar refractivity (Wildman–Crippen MR) is 95.7 cm³/mol. The minimum Gasteiger partial charge on any atom is -0.496 e. The van der Waals surface area contributed by atoms with Gasteiger partial charge >= 0.3 is 0 Å². The molecule has 0 aliphatic carbocycles. The van der Waals surface area contributed by atoms with Gasteiger partial charge in [-0.2, -0.15) is 10.4 Å². The molecule has 138 valence electrons. The summed E-state index contributed by atoms with van der Waals surface area (Å²) < 4.78 is 18.3. The summed E-state index contributed by atoms with van der Waals surface area (Å²) in [5.74, 6) is 0.722. The van der Waals surface area contributed by atoms with Crippen LogP contribution in [0, 0.1) is 11.3 Å². The van der Waals surface area contributed by atoms with Gasteiger partial charge in [0, 0.05) is 43.6 Å². The molecule has 26 heavy (non-hydrogen) atoms. The van der Waals surface area contributed by atoms with Gasteiger partial charge in [-0.15, -0.1) is 0 Å². The highest BCUT2D eigenvalue weighted by Crippen LogP contribution is 2.29. The van der Waals surface area contributed by atoms with E-state index >= 15 is 0 Å². The van der Waals surface area contributed by atoms with E-state index in [1.54, 1.807) is 20.3 Å². The number of ether oxygens (including phenoxy) is 3. The molecule has 7 heteroatoms. The number of benzene rings is 1. The molecule has 1 N–H and O–H groups in total. The van der Waals surface area contributed by atoms with Crippen LogP contribution in [0.3, 0.4) is 0 Å². The Morgan fingerprint density at radius 3 is 3.08 bits per heavy atom. The highest BCUT2D eigenvalue weighted by molar-refractivity contribution is 5.42. The molecule has 2 heterocycles. The fourth-order valence-corrected chi connectivity index (χ4v) is 3.16. The van der Waals surface area contributed by atoms with E-state index in [2.05, 4.69) is 16.5 Å². The summed E-state index contributed by atoms with van der Waals surface area (Å²) in [4.78, 5) is 0. The third-order valence-electron chi connectivity index (χ3n) is 4.57. The summed E-state index contributed by atoms with van der Waals surface area (Å²) >= 11 is 0. The molecule has 3 rings (SSSR count). The number of methoxy groups -OCH3 is 2. The molecule has 0 radical (unpaired) electrons. The first-order valence-corrected chi connectivity index (χ1v) is 8.68. The molecular weight excluding hydrogens is 332 g/mol. The maximum absolute atomic E-state index is 9.01. The van der Waals surface area contributed by atoms with Crippen LogP contribution in [0.1, 0.15) is 29.2 Å². The fourth-order valence-electron chi connectivity index (χ4n) is 3.16. The number of aromatic nitrogens is 2. The largest absolute Gasteiger partial charge is 0.496 e. The first-order chi connectivity index (χ1) is 12.7. The van der Waals surface area contributed by atoms with Crippen LogP contribution in [0.25, 0.3) is 0 Å². The highest BCUT2D eigenvalue weighted by atomic mass is 16.5. The number of hydrogen-bond donors (Lipinski definition) is 1. The van der Waals surface area contributed by atoms with Gasteiger partial charge in [0.05, 0.1) is 38.1 Å². The van der Waals surface area contributed by atoms with Crippen molar-refractivity contribution in [3.63, 3.8) is 0 Å². The second-order valence-electron chi connectivity index (χ2n) is 6.24. The summed E-state index contributed by atoms with van der Waals surface area (Å²) in [6, 6.07) is 7.84. The molecule has 1 aliphatic heterocycles. The molecule has 0 bridgehead atoms. The Balaban J connectivity index is 1.64. The van der Waals surface area contributed by atoms with Crippen molar-refractivity contribution >= 4 is 0 Å². The van der Waals surface area contributed by atoms with E-state index in [1.165, 1.54) is 0 Å². The zero-order valence-corrected chi connectivity index (χ0v) is 15.1. The van der Waals surface area contributed by atoms with Crippen LogP contribution < -0.4 is 10.1 Å². The lowest BCUT2D eigenvalue weighted by molar-refractivity contribution is 0.0983. The van der Waals surface area contributed by atoms with Crippen molar-refractivity contribution in [1.82, 2.24) is 15.1 Å². The van der Waals surface area contributed by atoms with Crippen molar-refractivity contribution < 1.29 is 14.2 Å². The van der Waals surface area contributed by atoms with E-state index < -0.39 is 0 Å². The van der Waals surface area contributed by atoms with Gasteiger partial charge in [-0.25, -0.2) is 0 Å². The second kappa shape index (κ2) is 8.81. The standard InChI is InChI=1S/C19H24N4O3/c1-24-8-6-23-13-16(12-22-23)19-17(5-7-26-19)21-11-15-4-3-14(10-20)9-18(15)25-2/h3-4,9,12-13,17,19,21H,5-8,11H2,1-2H3/t17-,19+/m0/s1. The van der Waals surface area contributed by atoms with Crippen LogP contribution >= 0.6 is 0 Å². The van der Waals surface area contributed by atoms with Crippen LogP contribution in [0.2, 0.25) is 0 Å². The molecule has 1 aliphatic rings. The molecule has 2 aromatic rings. The molecule has 1 aromatic heterocycles. The third kappa shape index (κ3) is 4.22. The van der Waals surface area contributed by atoms with Crippen molar-refractivity contribution in [1.29, 1.82) is 5.26 Å². The molecule has 0 unspecified atom stereocenters. The normalized spacial score (nSPS) is 19.4. The van der Waals surface area contributed by atoms with Gasteiger partial charge in [-0.05, 0) is 18.6 Å². The Morgan fingerprint density at radius 2 is 2.31 bits per heavy atom. The summed E-state index contributed by atoms with van der Waals surface area (Å²) in [5, 5.41) is 17.0. The summed E-state index contributed by atoms with van der Waals surface area (Å²) in [6.45, 7) is 2.73. The quantitative estimate of drug-likeness (QED) is 0.779. The molecule has 1 saturated heterocycles. The molecule has 1 fully saturated rings. The maximum Gasteiger partial charge on any atom is 0.124 e. The Bertz CT molecular complexity index is 768. The van der Waals surface area contributed by atoms with E-state index in [-0.39, 0.29) is 12.1 Å². The van der Waals surface area contributed by atoms with Crippen LogP contribution in [-0.2, 0) is 22.6 Å². The predicted octanol–water partition coefficient (Wildman–Crippen LogP) is 2.03. The molecule has 0 amide bonds. The zero-order valence-electron chi connectivity index (χ0n) is 15.1. The number of rotatable bonds is 8. The van der Waals surface area contributed by atoms with Crippen LogP contribution in [0.15, 0.2) is 30.6 Å². The monoisotopic (exact) mass is 356 g/mol. The SMILES string of the molecule is COCCn1cc([C@H]2OCC[C@@H]2NCc2ccc(C#N)cc2OC)cn1. The van der Waals surface area contributed by atoms with E-state index in [0.29, 0.717) is 18.7 Å². The second-order valence-corrected chi connectivity index (χ2v) is 6.24. The van der Waals surface area contributed by atoms with Gasteiger partial charge in [0.1, 0.15) is 11.9 Å². The molecular formula is C19H24N4O3. The van der Waals surface area contributed by atoms with Gasteiger partial charge < -0.3 is 19.5 Å². The Labute approximate surface area is 153 Å². The lowest BCUT2D eigenvalue weighted by Gasteiger charge is -2.19. The van der Waals surface area contributed by atoms with Gasteiger partial charge in [-0.3, -0.25) is 4.68 Å². The smallest absolute Gasteiger partial charge is 0.124 e. The van der Waals surface area contributed by atoms with E-state index in [4.69, 9.17) is 19.5 Å². The summed E-state index contributed by atoms with van der Waals surface area (Å²) in [6.07, 6.45) is 4.80. The Morgan fingerprint density at radius 1 is 1.42 bits per heavy atom. The highest BCUT2D eigenvalue weighted by Gasteiger charge is 2.30. The maximum atomic E-state index is 9.01. The van der Waals surface area contributed by atoms with E-state index in [0.717, 1.165) is 36.4 Å². The van der Waals surface area contributed by atoms with Crippen molar-refractivity contribution in [2.75, 3.05) is 27.4 Å². The average Bonchev–Trinajstić information content (AvgIpc) is 3.33. The van der Waals surface area contributed by atoms with Crippen molar-refractivity contribution in [2.24, 2.45) is 0 Å². The minimum absolute atomic E-state index is 0.0179. The van der Waals surface area contributed by atoms with Crippen LogP contribution in [-0.4, -0.2) is 43.3 Å². The van der Waals surface area contributed by atoms with Gasteiger partial charge in [0.25, 0.3) is 0 Å². The average molecular weight is 356 g/mol. The lowest BCUT2D eigenvalue weighted by Crippen LogP contribution is -2.31. The molecule has 2 atom stereocenters. The van der Waals surface area contributed by atoms with E-state index in [1.807, 2.05) is 29.2 Å². The summed E-state index contributed by atoms with van der Waals surface area (Å²) in [7, 11) is 3.30. The van der Waals surface area contributed by atoms with Crippen LogP contribution in [0.5, 0.6) is 5.75 Å². The summed E-state index contributed by atoms with van der Waals surface area (Å²) in [5.41, 5.74) is 2.69. The van der Waals surface area contributed by atoms with E-state index in [9.17, 15) is 0 Å². The van der Waals surface area contributed by atoms with Crippen LogP contribution in [0.4, 0.5) is 0 Å².